The van der Waals surface area contributed by atoms with Gasteiger partial charge in [-0.25, -0.2) is 19.6 Å². The van der Waals surface area contributed by atoms with Crippen LogP contribution in [0.2, 0.25) is 0 Å². The predicted molar refractivity (Wildman–Crippen MR) is 98.1 cm³/mol. The number of carbonyl (C=O) groups is 1. The molecule has 1 aliphatic rings. The van der Waals surface area contributed by atoms with Crippen molar-refractivity contribution in [3.8, 4) is 11.4 Å². The van der Waals surface area contributed by atoms with Gasteiger partial charge in [0.2, 0.25) is 5.78 Å². The monoisotopic (exact) mass is 359 g/mol. The number of aromatic nitrogens is 6. The van der Waals surface area contributed by atoms with Crippen LogP contribution in [0.15, 0.2) is 55.0 Å². The van der Waals surface area contributed by atoms with Crippen molar-refractivity contribution in [2.75, 3.05) is 13.1 Å². The van der Waals surface area contributed by atoms with E-state index in [0.29, 0.717) is 37.5 Å². The van der Waals surface area contributed by atoms with Crippen LogP contribution in [0.4, 0.5) is 0 Å². The highest BCUT2D eigenvalue weighted by molar-refractivity contribution is 5.92. The molecule has 0 saturated carbocycles. The summed E-state index contributed by atoms with van der Waals surface area (Å²) in [6, 6.07) is 11.7. The Morgan fingerprint density at radius 2 is 1.89 bits per heavy atom. The normalized spacial score (nSPS) is 14.1. The summed E-state index contributed by atoms with van der Waals surface area (Å²) in [5.74, 6) is 2.07. The minimum atomic E-state index is -0.0884. The Morgan fingerprint density at radius 3 is 2.74 bits per heavy atom. The van der Waals surface area contributed by atoms with Gasteiger partial charge in [-0.15, -0.1) is 0 Å². The van der Waals surface area contributed by atoms with Gasteiger partial charge in [-0.3, -0.25) is 9.20 Å². The van der Waals surface area contributed by atoms with Crippen LogP contribution in [0.25, 0.3) is 17.2 Å². The van der Waals surface area contributed by atoms with Crippen LogP contribution in [-0.4, -0.2) is 53.0 Å². The summed E-state index contributed by atoms with van der Waals surface area (Å²) in [4.78, 5) is 27.8. The van der Waals surface area contributed by atoms with Crippen molar-refractivity contribution in [2.45, 2.75) is 13.0 Å². The quantitative estimate of drug-likeness (QED) is 0.544. The van der Waals surface area contributed by atoms with E-state index in [1.54, 1.807) is 21.7 Å². The zero-order valence-corrected chi connectivity index (χ0v) is 14.6. The van der Waals surface area contributed by atoms with Gasteiger partial charge in [0.05, 0.1) is 6.54 Å². The molecular formula is C19H17N7O. The Morgan fingerprint density at radius 1 is 1.00 bits per heavy atom. The van der Waals surface area contributed by atoms with E-state index in [4.69, 9.17) is 0 Å². The summed E-state index contributed by atoms with van der Waals surface area (Å²) in [5.41, 5.74) is 1.41. The second-order valence-electron chi connectivity index (χ2n) is 6.44. The van der Waals surface area contributed by atoms with E-state index in [2.05, 4.69) is 20.1 Å². The molecular weight excluding hydrogens is 342 g/mol. The number of benzene rings is 1. The SMILES string of the molecule is O=C(c1cn2cccnc2n1)N1CCc2nc(-c3ccccc3)nn2CC1. The van der Waals surface area contributed by atoms with Crippen LogP contribution in [0.3, 0.4) is 0 Å². The van der Waals surface area contributed by atoms with Crippen LogP contribution in [0, 0.1) is 0 Å². The van der Waals surface area contributed by atoms with Gasteiger partial charge in [-0.1, -0.05) is 30.3 Å². The lowest BCUT2D eigenvalue weighted by Gasteiger charge is -2.18. The van der Waals surface area contributed by atoms with Crippen LogP contribution in [0.1, 0.15) is 16.3 Å². The summed E-state index contributed by atoms with van der Waals surface area (Å²) in [6.45, 7) is 1.78. The van der Waals surface area contributed by atoms with E-state index in [0.717, 1.165) is 17.2 Å². The van der Waals surface area contributed by atoms with E-state index < -0.39 is 0 Å². The minimum absolute atomic E-state index is 0.0884. The topological polar surface area (TPSA) is 81.2 Å². The van der Waals surface area contributed by atoms with Crippen LogP contribution in [0.5, 0.6) is 0 Å². The Balaban J connectivity index is 1.35. The molecule has 1 aliphatic heterocycles. The van der Waals surface area contributed by atoms with Crippen molar-refractivity contribution in [2.24, 2.45) is 0 Å². The number of hydrogen-bond donors (Lipinski definition) is 0. The van der Waals surface area contributed by atoms with Gasteiger partial charge in [-0.05, 0) is 6.07 Å². The Kier molecular flexibility index (Phi) is 3.67. The van der Waals surface area contributed by atoms with Gasteiger partial charge >= 0.3 is 0 Å². The maximum atomic E-state index is 12.9. The van der Waals surface area contributed by atoms with Gasteiger partial charge in [0.15, 0.2) is 5.82 Å². The Hall–Kier alpha value is -3.55. The molecule has 1 amide bonds. The molecule has 27 heavy (non-hydrogen) atoms. The first-order chi connectivity index (χ1) is 13.3. The molecule has 0 radical (unpaired) electrons. The Labute approximate surface area is 155 Å². The maximum absolute atomic E-state index is 12.9. The maximum Gasteiger partial charge on any atom is 0.274 e. The molecule has 0 fully saturated rings. The van der Waals surface area contributed by atoms with Gasteiger partial charge in [0.25, 0.3) is 5.91 Å². The number of rotatable bonds is 2. The highest BCUT2D eigenvalue weighted by Gasteiger charge is 2.24. The molecule has 4 heterocycles. The number of imidazole rings is 1. The predicted octanol–water partition coefficient (Wildman–Crippen LogP) is 1.69. The average Bonchev–Trinajstić information content (AvgIpc) is 3.28. The van der Waals surface area contributed by atoms with Gasteiger partial charge in [0, 0.05) is 43.7 Å². The van der Waals surface area contributed by atoms with Crippen molar-refractivity contribution in [1.29, 1.82) is 0 Å². The third-order valence-electron chi connectivity index (χ3n) is 4.71. The van der Waals surface area contributed by atoms with Crippen molar-refractivity contribution in [3.05, 3.63) is 66.5 Å². The summed E-state index contributed by atoms with van der Waals surface area (Å²) in [7, 11) is 0. The zero-order chi connectivity index (χ0) is 18.2. The van der Waals surface area contributed by atoms with Crippen molar-refractivity contribution in [1.82, 2.24) is 34.0 Å². The first-order valence-electron chi connectivity index (χ1n) is 8.86. The number of amides is 1. The number of hydrogen-bond acceptors (Lipinski definition) is 5. The third kappa shape index (κ3) is 2.84. The molecule has 8 heteroatoms. The van der Waals surface area contributed by atoms with Crippen LogP contribution >= 0.6 is 0 Å². The van der Waals surface area contributed by atoms with E-state index in [1.807, 2.05) is 47.3 Å². The second kappa shape index (κ2) is 6.31. The number of nitrogens with zero attached hydrogens (tertiary/aromatic N) is 7. The molecule has 0 N–H and O–H groups in total. The molecule has 0 saturated heterocycles. The van der Waals surface area contributed by atoms with Gasteiger partial charge in [-0.2, -0.15) is 5.10 Å². The van der Waals surface area contributed by atoms with Gasteiger partial charge in [0.1, 0.15) is 11.5 Å². The molecule has 1 aromatic carbocycles. The lowest BCUT2D eigenvalue weighted by Crippen LogP contribution is -2.34. The molecule has 3 aromatic heterocycles. The van der Waals surface area contributed by atoms with E-state index >= 15 is 0 Å². The van der Waals surface area contributed by atoms with Crippen molar-refractivity contribution >= 4 is 11.7 Å². The Bertz CT molecular complexity index is 1060. The zero-order valence-electron chi connectivity index (χ0n) is 14.6. The summed E-state index contributed by atoms with van der Waals surface area (Å²) >= 11 is 0. The second-order valence-corrected chi connectivity index (χ2v) is 6.44. The van der Waals surface area contributed by atoms with Crippen molar-refractivity contribution < 1.29 is 4.79 Å². The number of fused-ring (bicyclic) bond motifs is 2. The molecule has 0 atom stereocenters. The summed E-state index contributed by atoms with van der Waals surface area (Å²) in [6.07, 6.45) is 5.88. The third-order valence-corrected chi connectivity index (χ3v) is 4.71. The largest absolute Gasteiger partial charge is 0.335 e. The minimum Gasteiger partial charge on any atom is -0.335 e. The van der Waals surface area contributed by atoms with Crippen molar-refractivity contribution in [3.63, 3.8) is 0 Å². The van der Waals surface area contributed by atoms with Crippen LogP contribution < -0.4 is 0 Å². The molecule has 0 bridgehead atoms. The first kappa shape index (κ1) is 15.7. The molecule has 0 spiro atoms. The molecule has 8 nitrogen and oxygen atoms in total. The lowest BCUT2D eigenvalue weighted by atomic mass is 10.2. The van der Waals surface area contributed by atoms with Crippen LogP contribution in [-0.2, 0) is 13.0 Å². The van der Waals surface area contributed by atoms with E-state index in [9.17, 15) is 4.79 Å². The molecule has 0 aliphatic carbocycles. The highest BCUT2D eigenvalue weighted by atomic mass is 16.2. The van der Waals surface area contributed by atoms with E-state index in [-0.39, 0.29) is 5.91 Å². The fraction of sp³-hybridized carbons (Fsp3) is 0.211. The fourth-order valence-electron chi connectivity index (χ4n) is 3.31. The fourth-order valence-corrected chi connectivity index (χ4v) is 3.31. The van der Waals surface area contributed by atoms with E-state index in [1.165, 1.54) is 0 Å². The molecule has 134 valence electrons. The molecule has 5 rings (SSSR count). The molecule has 0 unspecified atom stereocenters. The average molecular weight is 359 g/mol. The summed E-state index contributed by atoms with van der Waals surface area (Å²) in [5, 5.41) is 4.62. The first-order valence-corrected chi connectivity index (χ1v) is 8.86. The standard InChI is InChI=1S/C19H17N7O/c27-18(15-13-25-9-4-8-20-19(25)21-15)24-10-7-16-22-17(23-26(16)12-11-24)14-5-2-1-3-6-14/h1-6,8-9,13H,7,10-12H2. The molecule has 4 aromatic rings. The van der Waals surface area contributed by atoms with Gasteiger partial charge < -0.3 is 4.90 Å². The smallest absolute Gasteiger partial charge is 0.274 e. The summed E-state index contributed by atoms with van der Waals surface area (Å²) < 4.78 is 3.66. The lowest BCUT2D eigenvalue weighted by molar-refractivity contribution is 0.0753. The number of carbonyl (C=O) groups excluding carboxylic acids is 1. The highest BCUT2D eigenvalue weighted by Crippen LogP contribution is 2.17.